The van der Waals surface area contributed by atoms with Gasteiger partial charge in [-0.3, -0.25) is 4.79 Å². The van der Waals surface area contributed by atoms with Gasteiger partial charge < -0.3 is 24.3 Å². The molecule has 7 nitrogen and oxygen atoms in total. The summed E-state index contributed by atoms with van der Waals surface area (Å²) in [4.78, 5) is 25.0. The number of aliphatic hydroxyl groups excluding tert-OH is 1. The number of carbonyl (C=O) groups excluding carboxylic acids is 1. The molecule has 0 fully saturated rings. The maximum absolute atomic E-state index is 12.5. The predicted octanol–water partition coefficient (Wildman–Crippen LogP) is 2.83. The zero-order valence-electron chi connectivity index (χ0n) is 16.6. The normalized spacial score (nSPS) is 10.8. The van der Waals surface area contributed by atoms with Crippen LogP contribution in [0.5, 0.6) is 11.5 Å². The molecule has 1 heterocycles. The number of rotatable bonds is 7. The van der Waals surface area contributed by atoms with Crippen LogP contribution >= 0.6 is 0 Å². The van der Waals surface area contributed by atoms with Crippen LogP contribution in [0.1, 0.15) is 16.7 Å². The summed E-state index contributed by atoms with van der Waals surface area (Å²) in [6, 6.07) is 10.5. The fourth-order valence-corrected chi connectivity index (χ4v) is 3.21. The highest BCUT2D eigenvalue weighted by atomic mass is 16.5. The maximum Gasteiger partial charge on any atom is 0.340 e. The molecule has 3 rings (SSSR count). The molecule has 0 unspecified atom stereocenters. The minimum Gasteiger partial charge on any atom is -0.496 e. The van der Waals surface area contributed by atoms with E-state index in [0.717, 1.165) is 5.56 Å². The van der Waals surface area contributed by atoms with Crippen molar-refractivity contribution in [3.8, 4) is 11.5 Å². The van der Waals surface area contributed by atoms with Gasteiger partial charge in [-0.1, -0.05) is 12.1 Å². The highest BCUT2D eigenvalue weighted by Gasteiger charge is 2.18. The number of aliphatic hydroxyl groups is 1. The molecule has 0 spiro atoms. The first-order valence-corrected chi connectivity index (χ1v) is 9.14. The van der Waals surface area contributed by atoms with Crippen LogP contribution in [-0.4, -0.2) is 31.8 Å². The number of carbonyl (C=O) groups is 1. The fourth-order valence-electron chi connectivity index (χ4n) is 3.21. The van der Waals surface area contributed by atoms with Crippen LogP contribution in [0.4, 0.5) is 5.69 Å². The Kier molecular flexibility index (Phi) is 6.19. The average Bonchev–Trinajstić information content (AvgIpc) is 2.71. The zero-order chi connectivity index (χ0) is 21.0. The largest absolute Gasteiger partial charge is 0.496 e. The third-order valence-electron chi connectivity index (χ3n) is 4.75. The summed E-state index contributed by atoms with van der Waals surface area (Å²) in [5, 5.41) is 12.4. The second-order valence-electron chi connectivity index (χ2n) is 6.59. The van der Waals surface area contributed by atoms with Crippen LogP contribution in [0.3, 0.4) is 0 Å². The van der Waals surface area contributed by atoms with Crippen molar-refractivity contribution in [1.29, 1.82) is 0 Å². The second kappa shape index (κ2) is 8.79. The number of fused-ring (bicyclic) bond motifs is 1. The monoisotopic (exact) mass is 397 g/mol. The molecule has 7 heteroatoms. The van der Waals surface area contributed by atoms with E-state index in [1.54, 1.807) is 31.2 Å². The zero-order valence-corrected chi connectivity index (χ0v) is 16.6. The van der Waals surface area contributed by atoms with Crippen molar-refractivity contribution in [2.45, 2.75) is 19.8 Å². The van der Waals surface area contributed by atoms with Crippen LogP contribution in [-0.2, 0) is 17.6 Å². The molecule has 152 valence electrons. The molecule has 2 aromatic carbocycles. The van der Waals surface area contributed by atoms with E-state index < -0.39 is 5.63 Å². The number of hydrogen-bond acceptors (Lipinski definition) is 6. The van der Waals surface area contributed by atoms with Gasteiger partial charge in [-0.2, -0.15) is 0 Å². The highest BCUT2D eigenvalue weighted by molar-refractivity contribution is 5.94. The van der Waals surface area contributed by atoms with E-state index in [4.69, 9.17) is 19.0 Å². The maximum atomic E-state index is 12.5. The Morgan fingerprint density at radius 3 is 2.48 bits per heavy atom. The number of hydrogen-bond donors (Lipinski definition) is 2. The van der Waals surface area contributed by atoms with Crippen molar-refractivity contribution < 1.29 is 23.8 Å². The van der Waals surface area contributed by atoms with Crippen molar-refractivity contribution in [3.63, 3.8) is 0 Å². The van der Waals surface area contributed by atoms with E-state index in [2.05, 4.69) is 5.32 Å². The van der Waals surface area contributed by atoms with Crippen LogP contribution in [0.15, 0.2) is 45.6 Å². The van der Waals surface area contributed by atoms with Gasteiger partial charge in [-0.25, -0.2) is 4.79 Å². The van der Waals surface area contributed by atoms with Gasteiger partial charge in [-0.15, -0.1) is 0 Å². The number of ether oxygens (including phenoxy) is 2. The molecule has 29 heavy (non-hydrogen) atoms. The summed E-state index contributed by atoms with van der Waals surface area (Å²) in [7, 11) is 3.03. The smallest absolute Gasteiger partial charge is 0.340 e. The molecular formula is C22H23NO6. The standard InChI is InChI=1S/C22H23NO6/c1-13-17(12-20(25)23-15-6-4-14(5-7-15)8-9-24)22(26)29-19-11-16(27-2)10-18(28-3)21(13)19/h4-7,10-11,24H,8-9,12H2,1-3H3,(H,23,25). The highest BCUT2D eigenvalue weighted by Crippen LogP contribution is 2.33. The summed E-state index contributed by atoms with van der Waals surface area (Å²) in [6.45, 7) is 1.83. The molecule has 0 aliphatic carbocycles. The van der Waals surface area contributed by atoms with Crippen molar-refractivity contribution >= 4 is 22.6 Å². The van der Waals surface area contributed by atoms with Crippen LogP contribution < -0.4 is 20.4 Å². The van der Waals surface area contributed by atoms with Gasteiger partial charge >= 0.3 is 5.63 Å². The molecule has 0 saturated heterocycles. The molecule has 0 aliphatic rings. The summed E-state index contributed by atoms with van der Waals surface area (Å²) in [5.41, 5.74) is 2.26. The fraction of sp³-hybridized carbons (Fsp3) is 0.273. The number of methoxy groups -OCH3 is 2. The minimum atomic E-state index is -0.571. The van der Waals surface area contributed by atoms with Gasteiger partial charge in [0.25, 0.3) is 0 Å². The Bertz CT molecular complexity index is 1090. The molecule has 0 bridgehead atoms. The Hall–Kier alpha value is -3.32. The molecule has 0 atom stereocenters. The molecule has 1 amide bonds. The molecular weight excluding hydrogens is 374 g/mol. The predicted molar refractivity (Wildman–Crippen MR) is 110 cm³/mol. The lowest BCUT2D eigenvalue weighted by Gasteiger charge is -2.13. The summed E-state index contributed by atoms with van der Waals surface area (Å²) in [6.07, 6.45) is 0.426. The van der Waals surface area contributed by atoms with Gasteiger partial charge in [0.2, 0.25) is 5.91 Å². The molecule has 2 N–H and O–H groups in total. The van der Waals surface area contributed by atoms with Crippen LogP contribution in [0, 0.1) is 6.92 Å². The lowest BCUT2D eigenvalue weighted by molar-refractivity contribution is -0.115. The number of aryl methyl sites for hydroxylation is 1. The number of nitrogens with one attached hydrogen (secondary N) is 1. The van der Waals surface area contributed by atoms with Gasteiger partial charge in [0, 0.05) is 24.4 Å². The number of anilines is 1. The van der Waals surface area contributed by atoms with Gasteiger partial charge in [0.1, 0.15) is 17.1 Å². The summed E-state index contributed by atoms with van der Waals surface area (Å²) < 4.78 is 16.1. The van der Waals surface area contributed by atoms with Gasteiger partial charge in [-0.05, 0) is 36.6 Å². The lowest BCUT2D eigenvalue weighted by atomic mass is 10.0. The second-order valence-corrected chi connectivity index (χ2v) is 6.59. The van der Waals surface area contributed by atoms with E-state index in [9.17, 15) is 9.59 Å². The SMILES string of the molecule is COc1cc(OC)c2c(C)c(CC(=O)Nc3ccc(CCO)cc3)c(=O)oc2c1. The Morgan fingerprint density at radius 2 is 1.86 bits per heavy atom. The van der Waals surface area contributed by atoms with E-state index in [1.807, 2.05) is 12.1 Å². The third-order valence-corrected chi connectivity index (χ3v) is 4.75. The number of amides is 1. The average molecular weight is 397 g/mol. The van der Waals surface area contributed by atoms with Gasteiger partial charge in [0.15, 0.2) is 0 Å². The van der Waals surface area contributed by atoms with E-state index in [-0.39, 0.29) is 24.5 Å². The summed E-state index contributed by atoms with van der Waals surface area (Å²) >= 11 is 0. The van der Waals surface area contributed by atoms with E-state index in [1.165, 1.54) is 14.2 Å². The first-order chi connectivity index (χ1) is 14.0. The molecule has 1 aromatic heterocycles. The summed E-state index contributed by atoms with van der Waals surface area (Å²) in [5.74, 6) is 0.677. The quantitative estimate of drug-likeness (QED) is 0.595. The van der Waals surface area contributed by atoms with Crippen molar-refractivity contribution in [3.05, 3.63) is 63.5 Å². The van der Waals surface area contributed by atoms with Crippen LogP contribution in [0.2, 0.25) is 0 Å². The molecule has 0 radical (unpaired) electrons. The van der Waals surface area contributed by atoms with Crippen molar-refractivity contribution in [2.75, 3.05) is 26.1 Å². The molecule has 0 saturated carbocycles. The first-order valence-electron chi connectivity index (χ1n) is 9.14. The van der Waals surface area contributed by atoms with E-state index >= 15 is 0 Å². The van der Waals surface area contributed by atoms with Crippen LogP contribution in [0.25, 0.3) is 11.0 Å². The third kappa shape index (κ3) is 4.41. The minimum absolute atomic E-state index is 0.0675. The Balaban J connectivity index is 1.89. The van der Waals surface area contributed by atoms with Crippen molar-refractivity contribution in [2.24, 2.45) is 0 Å². The number of benzene rings is 2. The molecule has 0 aliphatic heterocycles. The van der Waals surface area contributed by atoms with E-state index in [0.29, 0.717) is 40.1 Å². The Labute approximate surface area is 167 Å². The Morgan fingerprint density at radius 1 is 1.14 bits per heavy atom. The lowest BCUT2D eigenvalue weighted by Crippen LogP contribution is -2.20. The van der Waals surface area contributed by atoms with Crippen molar-refractivity contribution in [1.82, 2.24) is 0 Å². The van der Waals surface area contributed by atoms with Gasteiger partial charge in [0.05, 0.1) is 31.6 Å². The first kappa shape index (κ1) is 20.4. The topological polar surface area (TPSA) is 98.0 Å². The molecule has 3 aromatic rings.